The average Bonchev–Trinajstić information content (AvgIpc) is 2.59. The van der Waals surface area contributed by atoms with Gasteiger partial charge in [-0.25, -0.2) is 15.0 Å². The van der Waals surface area contributed by atoms with Crippen molar-refractivity contribution in [3.8, 4) is 0 Å². The van der Waals surface area contributed by atoms with E-state index in [-0.39, 0.29) is 0 Å². The van der Waals surface area contributed by atoms with Crippen molar-refractivity contribution >= 4 is 16.9 Å². The average molecular weight is 308 g/mol. The predicted octanol–water partition coefficient (Wildman–Crippen LogP) is 2.89. The summed E-state index contributed by atoms with van der Waals surface area (Å²) in [5.74, 6) is 1.54. The lowest BCUT2D eigenvalue weighted by molar-refractivity contribution is 0.170. The molecule has 0 fully saturated rings. The summed E-state index contributed by atoms with van der Waals surface area (Å²) < 4.78 is 0. The highest BCUT2D eigenvalue weighted by Crippen LogP contribution is 2.23. The molecule has 1 N–H and O–H groups in total. The maximum absolute atomic E-state index is 10.3. The summed E-state index contributed by atoms with van der Waals surface area (Å²) in [6.45, 7) is 2.56. The van der Waals surface area contributed by atoms with Crippen molar-refractivity contribution < 1.29 is 5.11 Å². The van der Waals surface area contributed by atoms with Gasteiger partial charge in [0.1, 0.15) is 11.6 Å². The van der Waals surface area contributed by atoms with Gasteiger partial charge >= 0.3 is 0 Å². The van der Waals surface area contributed by atoms with Crippen molar-refractivity contribution in [2.75, 3.05) is 18.5 Å². The normalized spacial score (nSPS) is 12.3. The first-order chi connectivity index (χ1) is 11.1. The molecule has 1 aromatic carbocycles. The van der Waals surface area contributed by atoms with Gasteiger partial charge in [-0.1, -0.05) is 30.3 Å². The monoisotopic (exact) mass is 308 g/mol. The predicted molar refractivity (Wildman–Crippen MR) is 91.4 cm³/mol. The van der Waals surface area contributed by atoms with E-state index in [9.17, 15) is 5.11 Å². The van der Waals surface area contributed by atoms with Gasteiger partial charge in [-0.15, -0.1) is 0 Å². The zero-order valence-electron chi connectivity index (χ0n) is 13.3. The van der Waals surface area contributed by atoms with Crippen LogP contribution in [0.3, 0.4) is 0 Å². The SMILES string of the molecule is Cc1nc(N(C)CCC(O)c2ccccc2)c2cccnc2n1. The Balaban J connectivity index is 1.77. The molecule has 0 spiro atoms. The fourth-order valence-corrected chi connectivity index (χ4v) is 2.61. The third kappa shape index (κ3) is 3.46. The van der Waals surface area contributed by atoms with E-state index >= 15 is 0 Å². The van der Waals surface area contributed by atoms with Crippen molar-refractivity contribution in [1.82, 2.24) is 15.0 Å². The number of rotatable bonds is 5. The van der Waals surface area contributed by atoms with Crippen LogP contribution >= 0.6 is 0 Å². The first-order valence-electron chi connectivity index (χ1n) is 7.68. The first kappa shape index (κ1) is 15.4. The van der Waals surface area contributed by atoms with Gasteiger partial charge in [0.05, 0.1) is 11.5 Å². The largest absolute Gasteiger partial charge is 0.388 e. The number of aryl methyl sites for hydroxylation is 1. The summed E-state index contributed by atoms with van der Waals surface area (Å²) >= 11 is 0. The minimum atomic E-state index is -0.481. The Bertz CT molecular complexity index is 791. The molecule has 0 saturated heterocycles. The second-order valence-electron chi connectivity index (χ2n) is 5.61. The molecule has 0 radical (unpaired) electrons. The van der Waals surface area contributed by atoms with Crippen molar-refractivity contribution in [2.45, 2.75) is 19.4 Å². The first-order valence-corrected chi connectivity index (χ1v) is 7.68. The molecular formula is C18H20N4O. The van der Waals surface area contributed by atoms with Crippen molar-refractivity contribution in [3.63, 3.8) is 0 Å². The summed E-state index contributed by atoms with van der Waals surface area (Å²) in [4.78, 5) is 15.3. The minimum absolute atomic E-state index is 0.481. The number of pyridine rings is 1. The number of aromatic nitrogens is 3. The van der Waals surface area contributed by atoms with Gasteiger partial charge < -0.3 is 10.0 Å². The summed E-state index contributed by atoms with van der Waals surface area (Å²) in [7, 11) is 1.98. The molecule has 1 atom stereocenters. The van der Waals surface area contributed by atoms with Crippen LogP contribution in [0.4, 0.5) is 5.82 Å². The third-order valence-corrected chi connectivity index (χ3v) is 3.85. The highest BCUT2D eigenvalue weighted by atomic mass is 16.3. The number of aliphatic hydroxyl groups excluding tert-OH is 1. The van der Waals surface area contributed by atoms with Gasteiger partial charge in [-0.3, -0.25) is 0 Å². The summed E-state index contributed by atoms with van der Waals surface area (Å²) in [6, 6.07) is 13.6. The van der Waals surface area contributed by atoms with Crippen LogP contribution in [0, 0.1) is 6.92 Å². The minimum Gasteiger partial charge on any atom is -0.388 e. The van der Waals surface area contributed by atoms with Crippen molar-refractivity contribution in [2.24, 2.45) is 0 Å². The number of benzene rings is 1. The molecule has 23 heavy (non-hydrogen) atoms. The number of hydrogen-bond acceptors (Lipinski definition) is 5. The fraction of sp³-hybridized carbons (Fsp3) is 0.278. The highest BCUT2D eigenvalue weighted by Gasteiger charge is 2.13. The number of hydrogen-bond donors (Lipinski definition) is 1. The van der Waals surface area contributed by atoms with Crippen LogP contribution in [-0.2, 0) is 0 Å². The Morgan fingerprint density at radius 2 is 1.87 bits per heavy atom. The maximum atomic E-state index is 10.3. The van der Waals surface area contributed by atoms with Crippen LogP contribution in [0.5, 0.6) is 0 Å². The Kier molecular flexibility index (Phi) is 4.48. The molecule has 1 unspecified atom stereocenters. The number of aliphatic hydroxyl groups is 1. The number of fused-ring (bicyclic) bond motifs is 1. The fourth-order valence-electron chi connectivity index (χ4n) is 2.61. The zero-order chi connectivity index (χ0) is 16.2. The number of nitrogens with zero attached hydrogens (tertiary/aromatic N) is 4. The summed E-state index contributed by atoms with van der Waals surface area (Å²) in [5.41, 5.74) is 1.64. The van der Waals surface area contributed by atoms with Crippen molar-refractivity contribution in [1.29, 1.82) is 0 Å². The van der Waals surface area contributed by atoms with Crippen molar-refractivity contribution in [3.05, 3.63) is 60.0 Å². The van der Waals surface area contributed by atoms with Gasteiger partial charge in [-0.2, -0.15) is 0 Å². The van der Waals surface area contributed by atoms with Gasteiger partial charge in [0.2, 0.25) is 0 Å². The summed E-state index contributed by atoms with van der Waals surface area (Å²) in [6.07, 6.45) is 1.88. The number of anilines is 1. The lowest BCUT2D eigenvalue weighted by atomic mass is 10.1. The van der Waals surface area contributed by atoms with Gasteiger partial charge in [0.15, 0.2) is 5.65 Å². The van der Waals surface area contributed by atoms with Gasteiger partial charge in [0, 0.05) is 19.8 Å². The van der Waals surface area contributed by atoms with Crippen LogP contribution in [0.2, 0.25) is 0 Å². The molecule has 2 heterocycles. The molecule has 0 aliphatic carbocycles. The lowest BCUT2D eigenvalue weighted by Gasteiger charge is -2.21. The molecule has 3 aromatic rings. The molecule has 5 nitrogen and oxygen atoms in total. The second-order valence-corrected chi connectivity index (χ2v) is 5.61. The van der Waals surface area contributed by atoms with E-state index in [1.54, 1.807) is 6.20 Å². The molecule has 0 bridgehead atoms. The molecule has 3 rings (SSSR count). The summed E-state index contributed by atoms with van der Waals surface area (Å²) in [5, 5.41) is 11.2. The Morgan fingerprint density at radius 3 is 2.65 bits per heavy atom. The van der Waals surface area contributed by atoms with E-state index in [1.807, 2.05) is 61.3 Å². The molecular weight excluding hydrogens is 288 g/mol. The smallest absolute Gasteiger partial charge is 0.164 e. The third-order valence-electron chi connectivity index (χ3n) is 3.85. The highest BCUT2D eigenvalue weighted by molar-refractivity contribution is 5.86. The Labute approximate surface area is 135 Å². The van der Waals surface area contributed by atoms with Crippen LogP contribution in [0.1, 0.15) is 23.9 Å². The van der Waals surface area contributed by atoms with E-state index in [4.69, 9.17) is 0 Å². The van der Waals surface area contributed by atoms with E-state index in [0.29, 0.717) is 24.4 Å². The molecule has 118 valence electrons. The molecule has 0 aliphatic heterocycles. The Hall–Kier alpha value is -2.53. The van der Waals surface area contributed by atoms with E-state index in [1.165, 1.54) is 0 Å². The maximum Gasteiger partial charge on any atom is 0.164 e. The van der Waals surface area contributed by atoms with Gasteiger partial charge in [-0.05, 0) is 31.0 Å². The molecule has 0 saturated carbocycles. The van der Waals surface area contributed by atoms with Crippen LogP contribution < -0.4 is 4.90 Å². The zero-order valence-corrected chi connectivity index (χ0v) is 13.3. The lowest BCUT2D eigenvalue weighted by Crippen LogP contribution is -2.22. The standard InChI is InChI=1S/C18H20N4O/c1-13-20-17-15(9-6-11-19-17)18(21-13)22(2)12-10-16(23)14-7-4-3-5-8-14/h3-9,11,16,23H,10,12H2,1-2H3. The molecule has 5 heteroatoms. The van der Waals surface area contributed by atoms with Crippen LogP contribution in [0.15, 0.2) is 48.7 Å². The van der Waals surface area contributed by atoms with E-state index in [0.717, 1.165) is 16.8 Å². The van der Waals surface area contributed by atoms with Crippen LogP contribution in [-0.4, -0.2) is 33.7 Å². The molecule has 2 aromatic heterocycles. The van der Waals surface area contributed by atoms with E-state index in [2.05, 4.69) is 15.0 Å². The molecule has 0 aliphatic rings. The molecule has 0 amide bonds. The quantitative estimate of drug-likeness (QED) is 0.785. The second kappa shape index (κ2) is 6.71. The van der Waals surface area contributed by atoms with Gasteiger partial charge in [0.25, 0.3) is 0 Å². The topological polar surface area (TPSA) is 62.1 Å². The Morgan fingerprint density at radius 1 is 1.09 bits per heavy atom. The van der Waals surface area contributed by atoms with E-state index < -0.39 is 6.10 Å². The van der Waals surface area contributed by atoms with Crippen LogP contribution in [0.25, 0.3) is 11.0 Å².